The van der Waals surface area contributed by atoms with Crippen molar-refractivity contribution < 1.29 is 9.53 Å². The van der Waals surface area contributed by atoms with Crippen LogP contribution in [0.1, 0.15) is 56.5 Å². The Labute approximate surface area is 203 Å². The van der Waals surface area contributed by atoms with Gasteiger partial charge in [0, 0.05) is 17.2 Å². The summed E-state index contributed by atoms with van der Waals surface area (Å²) in [6, 6.07) is 12.9. The van der Waals surface area contributed by atoms with Crippen molar-refractivity contribution >= 4 is 40.0 Å². The molecule has 1 saturated heterocycles. The average Bonchev–Trinajstić information content (AvgIpc) is 3.28. The van der Waals surface area contributed by atoms with Crippen molar-refractivity contribution in [2.45, 2.75) is 69.0 Å². The van der Waals surface area contributed by atoms with E-state index in [0.717, 1.165) is 12.8 Å². The normalized spacial score (nSPS) is 17.4. The van der Waals surface area contributed by atoms with Gasteiger partial charge in [-0.25, -0.2) is 4.98 Å². The van der Waals surface area contributed by atoms with Crippen molar-refractivity contribution in [3.63, 3.8) is 0 Å². The fourth-order valence-electron chi connectivity index (χ4n) is 4.00. The number of thioether (sulfide) groups is 1. The summed E-state index contributed by atoms with van der Waals surface area (Å²) in [4.78, 5) is 31.2. The summed E-state index contributed by atoms with van der Waals surface area (Å²) in [6.07, 6.45) is 1.87. The third-order valence-corrected chi connectivity index (χ3v) is 7.30. The van der Waals surface area contributed by atoms with Crippen molar-refractivity contribution in [1.82, 2.24) is 9.55 Å². The lowest BCUT2D eigenvalue weighted by Gasteiger charge is -2.20. The van der Waals surface area contributed by atoms with Crippen LogP contribution in [0.25, 0.3) is 10.9 Å². The molecule has 0 spiro atoms. The molecular weight excluding hydrogens is 456 g/mol. The number of halogens is 1. The van der Waals surface area contributed by atoms with Crippen LogP contribution in [0.15, 0.2) is 52.4 Å². The molecule has 5 nitrogen and oxygen atoms in total. The van der Waals surface area contributed by atoms with Crippen molar-refractivity contribution in [3.8, 4) is 0 Å². The minimum absolute atomic E-state index is 0.00423. The van der Waals surface area contributed by atoms with E-state index in [9.17, 15) is 9.59 Å². The zero-order chi connectivity index (χ0) is 23.8. The van der Waals surface area contributed by atoms with E-state index in [-0.39, 0.29) is 22.9 Å². The molecule has 2 atom stereocenters. The van der Waals surface area contributed by atoms with Gasteiger partial charge in [-0.1, -0.05) is 68.4 Å². The topological polar surface area (TPSA) is 61.2 Å². The molecule has 174 valence electrons. The first-order valence-electron chi connectivity index (χ1n) is 11.3. The smallest absolute Gasteiger partial charge is 0.262 e. The Morgan fingerprint density at radius 3 is 2.61 bits per heavy atom. The molecule has 2 heterocycles. The number of benzene rings is 2. The molecule has 1 aromatic heterocycles. The Bertz CT molecular complexity index is 1230. The zero-order valence-electron chi connectivity index (χ0n) is 19.4. The van der Waals surface area contributed by atoms with Gasteiger partial charge in [0.2, 0.25) is 0 Å². The standard InChI is InChI=1S/C26H29ClN2O3S/c1-16(23(30)17-7-9-18(10-8-17)26(2,3)4)33-25-28-22-14-19(27)11-12-21(22)24(31)29(25)15-20-6-5-13-32-20/h7-12,14,16,20H,5-6,13,15H2,1-4H3. The van der Waals surface area contributed by atoms with Crippen LogP contribution in [-0.2, 0) is 16.7 Å². The largest absolute Gasteiger partial charge is 0.376 e. The highest BCUT2D eigenvalue weighted by Gasteiger charge is 2.24. The summed E-state index contributed by atoms with van der Waals surface area (Å²) in [6.45, 7) is 9.43. The van der Waals surface area contributed by atoms with E-state index in [1.807, 2.05) is 31.2 Å². The van der Waals surface area contributed by atoms with Gasteiger partial charge in [0.05, 0.1) is 28.8 Å². The summed E-state index contributed by atoms with van der Waals surface area (Å²) in [5.41, 5.74) is 2.26. The first-order valence-corrected chi connectivity index (χ1v) is 12.5. The van der Waals surface area contributed by atoms with Gasteiger partial charge < -0.3 is 4.74 Å². The Morgan fingerprint density at radius 2 is 1.97 bits per heavy atom. The van der Waals surface area contributed by atoms with Crippen LogP contribution in [-0.4, -0.2) is 33.3 Å². The van der Waals surface area contributed by atoms with Crippen LogP contribution in [0, 0.1) is 0 Å². The van der Waals surface area contributed by atoms with Gasteiger partial charge in [0.15, 0.2) is 10.9 Å². The summed E-state index contributed by atoms with van der Waals surface area (Å²) < 4.78 is 7.43. The Morgan fingerprint density at radius 1 is 1.24 bits per heavy atom. The number of hydrogen-bond acceptors (Lipinski definition) is 5. The van der Waals surface area contributed by atoms with Gasteiger partial charge in [-0.3, -0.25) is 14.2 Å². The second kappa shape index (κ2) is 9.61. The molecule has 7 heteroatoms. The lowest BCUT2D eigenvalue weighted by Crippen LogP contribution is -2.29. The lowest BCUT2D eigenvalue weighted by molar-refractivity contribution is 0.0937. The van der Waals surface area contributed by atoms with Crippen LogP contribution >= 0.6 is 23.4 Å². The quantitative estimate of drug-likeness (QED) is 0.248. The number of carbonyl (C=O) groups excluding carboxylic acids is 1. The second-order valence-corrected chi connectivity index (χ2v) is 11.3. The molecule has 1 aliphatic heterocycles. The number of ether oxygens (including phenoxy) is 1. The molecule has 33 heavy (non-hydrogen) atoms. The molecule has 1 aliphatic rings. The van der Waals surface area contributed by atoms with Crippen molar-refractivity contribution in [3.05, 3.63) is 69.0 Å². The Hall–Kier alpha value is -2.15. The molecule has 4 rings (SSSR count). The number of carbonyl (C=O) groups is 1. The maximum Gasteiger partial charge on any atom is 0.262 e. The third-order valence-electron chi connectivity index (χ3n) is 5.98. The number of aromatic nitrogens is 2. The molecule has 3 aromatic rings. The molecule has 0 radical (unpaired) electrons. The second-order valence-electron chi connectivity index (χ2n) is 9.56. The Kier molecular flexibility index (Phi) is 6.99. The summed E-state index contributed by atoms with van der Waals surface area (Å²) >= 11 is 7.46. The minimum Gasteiger partial charge on any atom is -0.376 e. The number of hydrogen-bond donors (Lipinski definition) is 0. The highest BCUT2D eigenvalue weighted by Crippen LogP contribution is 2.28. The molecule has 2 unspecified atom stereocenters. The van der Waals surface area contributed by atoms with Crippen molar-refractivity contribution in [2.24, 2.45) is 0 Å². The van der Waals surface area contributed by atoms with Crippen LogP contribution in [0.3, 0.4) is 0 Å². The maximum absolute atomic E-state index is 13.3. The maximum atomic E-state index is 13.3. The van der Waals surface area contributed by atoms with Crippen LogP contribution in [0.5, 0.6) is 0 Å². The SMILES string of the molecule is CC(Sc1nc2cc(Cl)ccc2c(=O)n1CC1CCCO1)C(=O)c1ccc(C(C)(C)C)cc1. The lowest BCUT2D eigenvalue weighted by atomic mass is 9.86. The monoisotopic (exact) mass is 484 g/mol. The molecule has 2 aromatic carbocycles. The summed E-state index contributed by atoms with van der Waals surface area (Å²) in [5.74, 6) is 0.00423. The molecule has 0 amide bonds. The van der Waals surface area contributed by atoms with Crippen LogP contribution < -0.4 is 5.56 Å². The van der Waals surface area contributed by atoms with E-state index >= 15 is 0 Å². The van der Waals surface area contributed by atoms with Crippen LogP contribution in [0.4, 0.5) is 0 Å². The molecule has 0 saturated carbocycles. The number of nitrogens with zero attached hydrogens (tertiary/aromatic N) is 2. The first kappa shape index (κ1) is 24.0. The van der Waals surface area contributed by atoms with E-state index < -0.39 is 5.25 Å². The van der Waals surface area contributed by atoms with E-state index in [1.54, 1.807) is 22.8 Å². The van der Waals surface area contributed by atoms with Gasteiger partial charge >= 0.3 is 0 Å². The van der Waals surface area contributed by atoms with Crippen LogP contribution in [0.2, 0.25) is 5.02 Å². The number of fused-ring (bicyclic) bond motifs is 1. The average molecular weight is 485 g/mol. The number of ketones is 1. The zero-order valence-corrected chi connectivity index (χ0v) is 21.0. The van der Waals surface area contributed by atoms with Gasteiger partial charge in [-0.15, -0.1) is 0 Å². The van der Waals surface area contributed by atoms with E-state index in [4.69, 9.17) is 21.3 Å². The predicted molar refractivity (Wildman–Crippen MR) is 135 cm³/mol. The van der Waals surface area contributed by atoms with Gasteiger partial charge in [-0.2, -0.15) is 0 Å². The molecule has 0 bridgehead atoms. The van der Waals surface area contributed by atoms with Crippen molar-refractivity contribution in [2.75, 3.05) is 6.61 Å². The number of Topliss-reactive ketones (excluding diaryl/α,β-unsaturated/α-hetero) is 1. The molecule has 0 aliphatic carbocycles. The van der Waals surface area contributed by atoms with Gasteiger partial charge in [0.1, 0.15) is 0 Å². The molecule has 1 fully saturated rings. The summed E-state index contributed by atoms with van der Waals surface area (Å²) in [7, 11) is 0. The first-order chi connectivity index (χ1) is 15.6. The highest BCUT2D eigenvalue weighted by atomic mass is 35.5. The molecular formula is C26H29ClN2O3S. The van der Waals surface area contributed by atoms with Gasteiger partial charge in [0.25, 0.3) is 5.56 Å². The number of rotatable bonds is 6. The predicted octanol–water partition coefficient (Wildman–Crippen LogP) is 5.89. The third kappa shape index (κ3) is 5.34. The van der Waals surface area contributed by atoms with E-state index in [2.05, 4.69) is 20.8 Å². The fraction of sp³-hybridized carbons (Fsp3) is 0.423. The van der Waals surface area contributed by atoms with E-state index in [1.165, 1.54) is 17.3 Å². The van der Waals surface area contributed by atoms with Gasteiger partial charge in [-0.05, 0) is 48.9 Å². The Balaban J connectivity index is 1.65. The molecule has 0 N–H and O–H groups in total. The summed E-state index contributed by atoms with van der Waals surface area (Å²) in [5, 5.41) is 1.13. The van der Waals surface area contributed by atoms with E-state index in [0.29, 0.717) is 39.8 Å². The highest BCUT2D eigenvalue weighted by molar-refractivity contribution is 8.00. The van der Waals surface area contributed by atoms with Crippen molar-refractivity contribution in [1.29, 1.82) is 0 Å². The fourth-order valence-corrected chi connectivity index (χ4v) is 5.16. The minimum atomic E-state index is -0.412.